The highest BCUT2D eigenvalue weighted by molar-refractivity contribution is 6.37. The van der Waals surface area contributed by atoms with E-state index in [1.54, 1.807) is 12.1 Å². The molecular formula is C14H13Cl2NO. The van der Waals surface area contributed by atoms with E-state index in [9.17, 15) is 4.79 Å². The molecule has 0 saturated carbocycles. The summed E-state index contributed by atoms with van der Waals surface area (Å²) in [6.07, 6.45) is 3.80. The van der Waals surface area contributed by atoms with Crippen LogP contribution in [-0.2, 0) is 4.79 Å². The van der Waals surface area contributed by atoms with E-state index in [0.29, 0.717) is 10.0 Å². The highest BCUT2D eigenvalue weighted by Crippen LogP contribution is 2.34. The van der Waals surface area contributed by atoms with E-state index in [4.69, 9.17) is 23.2 Å². The molecule has 2 nitrogen and oxygen atoms in total. The van der Waals surface area contributed by atoms with Crippen LogP contribution in [0.3, 0.4) is 0 Å². The molecule has 0 aromatic heterocycles. The van der Waals surface area contributed by atoms with Crippen LogP contribution in [0.15, 0.2) is 23.9 Å². The topological polar surface area (TPSA) is 20.3 Å². The smallest absolute Gasteiger partial charge is 0.182 e. The van der Waals surface area contributed by atoms with Crippen molar-refractivity contribution in [3.8, 4) is 0 Å². The molecule has 0 unspecified atom stereocenters. The first-order valence-corrected chi connectivity index (χ1v) is 6.87. The monoisotopic (exact) mass is 281 g/mol. The Labute approximate surface area is 116 Å². The van der Waals surface area contributed by atoms with E-state index < -0.39 is 0 Å². The summed E-state index contributed by atoms with van der Waals surface area (Å²) in [5.74, 6) is 0.436. The van der Waals surface area contributed by atoms with Crippen LogP contribution in [0.1, 0.15) is 18.4 Å². The molecule has 4 heteroatoms. The molecule has 1 aromatic rings. The normalized spacial score (nSPS) is 22.0. The first kappa shape index (κ1) is 12.1. The van der Waals surface area contributed by atoms with Crippen LogP contribution in [0, 0.1) is 5.92 Å². The third kappa shape index (κ3) is 1.94. The van der Waals surface area contributed by atoms with Gasteiger partial charge < -0.3 is 4.90 Å². The summed E-state index contributed by atoms with van der Waals surface area (Å²) in [4.78, 5) is 14.4. The average Bonchev–Trinajstić information content (AvgIpc) is 2.37. The zero-order valence-corrected chi connectivity index (χ0v) is 11.3. The van der Waals surface area contributed by atoms with Gasteiger partial charge in [0.15, 0.2) is 5.78 Å². The fourth-order valence-corrected chi connectivity index (χ4v) is 3.20. The van der Waals surface area contributed by atoms with Gasteiger partial charge in [0, 0.05) is 34.6 Å². The third-order valence-electron chi connectivity index (χ3n) is 3.74. The Balaban J connectivity index is 2.04. The highest BCUT2D eigenvalue weighted by Gasteiger charge is 2.36. The number of piperidine rings is 3. The maximum Gasteiger partial charge on any atom is 0.182 e. The minimum absolute atomic E-state index is 0.197. The molecule has 2 bridgehead atoms. The molecule has 94 valence electrons. The van der Waals surface area contributed by atoms with Crippen LogP contribution in [0.4, 0.5) is 0 Å². The number of hydrogen-bond acceptors (Lipinski definition) is 2. The lowest BCUT2D eigenvalue weighted by Gasteiger charge is -2.41. The van der Waals surface area contributed by atoms with Gasteiger partial charge >= 0.3 is 0 Å². The lowest BCUT2D eigenvalue weighted by molar-refractivity contribution is -0.125. The van der Waals surface area contributed by atoms with Crippen molar-refractivity contribution in [2.24, 2.45) is 5.92 Å². The summed E-state index contributed by atoms with van der Waals surface area (Å²) in [6, 6.07) is 5.39. The van der Waals surface area contributed by atoms with E-state index in [-0.39, 0.29) is 11.7 Å². The molecule has 0 radical (unpaired) electrons. The van der Waals surface area contributed by atoms with Crippen molar-refractivity contribution in [1.82, 2.24) is 4.90 Å². The first-order chi connectivity index (χ1) is 8.66. The Bertz CT molecular complexity index is 510. The molecule has 3 heterocycles. The molecule has 0 N–H and O–H groups in total. The molecule has 3 saturated heterocycles. The Morgan fingerprint density at radius 1 is 1.17 bits per heavy atom. The molecule has 0 spiro atoms. The molecular weight excluding hydrogens is 269 g/mol. The first-order valence-electron chi connectivity index (χ1n) is 6.11. The molecule has 0 aliphatic carbocycles. The lowest BCUT2D eigenvalue weighted by atomic mass is 9.84. The van der Waals surface area contributed by atoms with E-state index in [2.05, 4.69) is 4.90 Å². The number of hydrogen-bond donors (Lipinski definition) is 0. The number of rotatable bonds is 1. The Morgan fingerprint density at radius 2 is 1.78 bits per heavy atom. The van der Waals surface area contributed by atoms with Crippen molar-refractivity contribution < 1.29 is 4.79 Å². The highest BCUT2D eigenvalue weighted by atomic mass is 35.5. The molecule has 0 atom stereocenters. The van der Waals surface area contributed by atoms with E-state index >= 15 is 0 Å². The van der Waals surface area contributed by atoms with E-state index in [0.717, 1.165) is 37.2 Å². The Hall–Kier alpha value is -0.990. The fraction of sp³-hybridized carbons (Fsp3) is 0.357. The van der Waals surface area contributed by atoms with Crippen molar-refractivity contribution in [3.63, 3.8) is 0 Å². The summed E-state index contributed by atoms with van der Waals surface area (Å²) in [6.45, 7) is 1.93. The Morgan fingerprint density at radius 3 is 2.33 bits per heavy atom. The van der Waals surface area contributed by atoms with Crippen molar-refractivity contribution in [3.05, 3.63) is 39.5 Å². The van der Waals surface area contributed by atoms with Gasteiger partial charge in [-0.3, -0.25) is 4.79 Å². The standard InChI is InChI=1S/C14H13Cl2NO/c15-11-2-1-3-12(16)10(11)8-13-14(18)9-4-6-17(13)7-5-9/h1-3,8-9H,4-7H2. The number of allylic oxidation sites excluding steroid dienone is 1. The predicted molar refractivity (Wildman–Crippen MR) is 73.7 cm³/mol. The molecule has 3 fully saturated rings. The van der Waals surface area contributed by atoms with Crippen LogP contribution < -0.4 is 0 Å². The largest absolute Gasteiger partial charge is 0.369 e. The van der Waals surface area contributed by atoms with Crippen LogP contribution in [-0.4, -0.2) is 23.8 Å². The van der Waals surface area contributed by atoms with Gasteiger partial charge in [0.25, 0.3) is 0 Å². The molecule has 3 aliphatic heterocycles. The second-order valence-electron chi connectivity index (χ2n) is 4.79. The second kappa shape index (κ2) is 4.60. The lowest BCUT2D eigenvalue weighted by Crippen LogP contribution is -2.45. The molecule has 3 aliphatic rings. The quantitative estimate of drug-likeness (QED) is 0.733. The summed E-state index contributed by atoms with van der Waals surface area (Å²) in [7, 11) is 0. The summed E-state index contributed by atoms with van der Waals surface area (Å²) in [5, 5.41) is 1.18. The summed E-state index contributed by atoms with van der Waals surface area (Å²) >= 11 is 12.3. The van der Waals surface area contributed by atoms with Crippen LogP contribution in [0.25, 0.3) is 6.08 Å². The number of halogens is 2. The van der Waals surface area contributed by atoms with Gasteiger partial charge in [-0.2, -0.15) is 0 Å². The SMILES string of the molecule is O=C1C(=Cc2c(Cl)cccc2Cl)N2CCC1CC2. The van der Waals surface area contributed by atoms with Gasteiger partial charge in [0.1, 0.15) is 0 Å². The summed E-state index contributed by atoms with van der Waals surface area (Å²) in [5.41, 5.74) is 1.52. The number of nitrogens with zero attached hydrogens (tertiary/aromatic N) is 1. The van der Waals surface area contributed by atoms with Gasteiger partial charge in [-0.15, -0.1) is 0 Å². The van der Waals surface area contributed by atoms with Crippen molar-refractivity contribution in [2.45, 2.75) is 12.8 Å². The van der Waals surface area contributed by atoms with Crippen molar-refractivity contribution in [1.29, 1.82) is 0 Å². The Kier molecular flexibility index (Phi) is 3.08. The maximum absolute atomic E-state index is 12.2. The van der Waals surface area contributed by atoms with Gasteiger partial charge in [-0.05, 0) is 31.1 Å². The molecule has 18 heavy (non-hydrogen) atoms. The summed E-state index contributed by atoms with van der Waals surface area (Å²) < 4.78 is 0. The van der Waals surface area contributed by atoms with Crippen LogP contribution in [0.2, 0.25) is 10.0 Å². The van der Waals surface area contributed by atoms with Gasteiger partial charge in [0.2, 0.25) is 0 Å². The molecule has 4 rings (SSSR count). The maximum atomic E-state index is 12.2. The fourth-order valence-electron chi connectivity index (χ4n) is 2.70. The van der Waals surface area contributed by atoms with Crippen LogP contribution in [0.5, 0.6) is 0 Å². The zero-order valence-electron chi connectivity index (χ0n) is 9.83. The molecule has 1 aromatic carbocycles. The number of ketones is 1. The number of carbonyl (C=O) groups excluding carboxylic acids is 1. The number of benzene rings is 1. The van der Waals surface area contributed by atoms with Crippen molar-refractivity contribution in [2.75, 3.05) is 13.1 Å². The third-order valence-corrected chi connectivity index (χ3v) is 4.40. The van der Waals surface area contributed by atoms with Gasteiger partial charge in [-0.25, -0.2) is 0 Å². The van der Waals surface area contributed by atoms with Crippen molar-refractivity contribution >= 4 is 35.1 Å². The van der Waals surface area contributed by atoms with E-state index in [1.807, 2.05) is 12.1 Å². The minimum Gasteiger partial charge on any atom is -0.369 e. The van der Waals surface area contributed by atoms with Gasteiger partial charge in [0.05, 0.1) is 5.70 Å². The average molecular weight is 282 g/mol. The van der Waals surface area contributed by atoms with Gasteiger partial charge in [-0.1, -0.05) is 29.3 Å². The number of fused-ring (bicyclic) bond motifs is 3. The van der Waals surface area contributed by atoms with E-state index in [1.165, 1.54) is 0 Å². The number of carbonyl (C=O) groups is 1. The molecule has 0 amide bonds. The minimum atomic E-state index is 0.197. The predicted octanol–water partition coefficient (Wildman–Crippen LogP) is 3.63. The number of Topliss-reactive ketones (excluding diaryl/α,β-unsaturated/α-hetero) is 1. The van der Waals surface area contributed by atoms with Crippen LogP contribution >= 0.6 is 23.2 Å². The zero-order chi connectivity index (χ0) is 12.7. The second-order valence-corrected chi connectivity index (χ2v) is 5.60.